The average molecular weight is 257 g/mol. The van der Waals surface area contributed by atoms with Crippen LogP contribution in [-0.4, -0.2) is 18.0 Å². The zero-order chi connectivity index (χ0) is 12.4. The summed E-state index contributed by atoms with van der Waals surface area (Å²) in [6, 6.07) is 4.20. The van der Waals surface area contributed by atoms with Crippen LogP contribution in [0.5, 0.6) is 0 Å². The molecule has 1 aromatic carbocycles. The van der Waals surface area contributed by atoms with Crippen LogP contribution in [0.2, 0.25) is 5.02 Å². The van der Waals surface area contributed by atoms with Gasteiger partial charge in [0.2, 0.25) is 5.91 Å². The van der Waals surface area contributed by atoms with E-state index in [-0.39, 0.29) is 16.6 Å². The molecule has 0 spiro atoms. The van der Waals surface area contributed by atoms with Crippen molar-refractivity contribution in [2.45, 2.75) is 31.8 Å². The fraction of sp³-hybridized carbons (Fsp3) is 0.417. The quantitative estimate of drug-likeness (QED) is 0.869. The molecule has 1 fully saturated rings. The highest BCUT2D eigenvalue weighted by Crippen LogP contribution is 2.25. The van der Waals surface area contributed by atoms with Crippen molar-refractivity contribution in [3.8, 4) is 0 Å². The fourth-order valence-electron chi connectivity index (χ4n) is 1.47. The van der Waals surface area contributed by atoms with E-state index < -0.39 is 11.9 Å². The maximum absolute atomic E-state index is 13.5. The lowest BCUT2D eigenvalue weighted by atomic mass is 10.2. The molecule has 1 unspecified atom stereocenters. The van der Waals surface area contributed by atoms with Crippen molar-refractivity contribution in [2.75, 3.05) is 5.32 Å². The van der Waals surface area contributed by atoms with E-state index in [0.717, 1.165) is 12.8 Å². The number of para-hydroxylation sites is 1. The van der Waals surface area contributed by atoms with Crippen LogP contribution in [-0.2, 0) is 4.79 Å². The highest BCUT2D eigenvalue weighted by molar-refractivity contribution is 6.33. The van der Waals surface area contributed by atoms with Gasteiger partial charge in [-0.15, -0.1) is 0 Å². The summed E-state index contributed by atoms with van der Waals surface area (Å²) in [6.07, 6.45) is 2.05. The molecule has 0 bridgehead atoms. The van der Waals surface area contributed by atoms with Crippen molar-refractivity contribution in [3.63, 3.8) is 0 Å². The van der Waals surface area contributed by atoms with Gasteiger partial charge in [0.1, 0.15) is 11.9 Å². The van der Waals surface area contributed by atoms with E-state index in [1.54, 1.807) is 13.0 Å². The second-order valence-corrected chi connectivity index (χ2v) is 4.65. The van der Waals surface area contributed by atoms with Crippen molar-refractivity contribution < 1.29 is 9.18 Å². The van der Waals surface area contributed by atoms with Crippen LogP contribution in [0.15, 0.2) is 18.2 Å². The summed E-state index contributed by atoms with van der Waals surface area (Å²) in [5, 5.41) is 5.91. The van der Waals surface area contributed by atoms with Gasteiger partial charge in [0, 0.05) is 6.04 Å². The van der Waals surface area contributed by atoms with Gasteiger partial charge in [-0.2, -0.15) is 0 Å². The van der Waals surface area contributed by atoms with Crippen LogP contribution >= 0.6 is 11.6 Å². The Balaban J connectivity index is 2.01. The average Bonchev–Trinajstić information content (AvgIpc) is 3.07. The first-order valence-electron chi connectivity index (χ1n) is 5.59. The predicted molar refractivity (Wildman–Crippen MR) is 65.7 cm³/mol. The first-order valence-corrected chi connectivity index (χ1v) is 5.96. The lowest BCUT2D eigenvalue weighted by Crippen LogP contribution is -2.38. The van der Waals surface area contributed by atoms with Gasteiger partial charge in [0.15, 0.2) is 0 Å². The third-order valence-corrected chi connectivity index (χ3v) is 2.96. The maximum atomic E-state index is 13.5. The Morgan fingerprint density at radius 3 is 2.82 bits per heavy atom. The molecular weight excluding hydrogens is 243 g/mol. The van der Waals surface area contributed by atoms with Gasteiger partial charge in [-0.25, -0.2) is 4.39 Å². The van der Waals surface area contributed by atoms with Gasteiger partial charge >= 0.3 is 0 Å². The minimum Gasteiger partial charge on any atom is -0.370 e. The normalized spacial score (nSPS) is 16.4. The summed E-state index contributed by atoms with van der Waals surface area (Å²) in [6.45, 7) is 1.68. The summed E-state index contributed by atoms with van der Waals surface area (Å²) < 4.78 is 13.5. The van der Waals surface area contributed by atoms with Crippen LogP contribution in [0, 0.1) is 5.82 Å². The third kappa shape index (κ3) is 3.09. The van der Waals surface area contributed by atoms with Crippen molar-refractivity contribution >= 4 is 23.2 Å². The Kier molecular flexibility index (Phi) is 3.52. The van der Waals surface area contributed by atoms with Crippen LogP contribution in [0.4, 0.5) is 10.1 Å². The number of carbonyl (C=O) groups excluding carboxylic acids is 1. The van der Waals surface area contributed by atoms with Gasteiger partial charge in [-0.3, -0.25) is 4.79 Å². The Morgan fingerprint density at radius 2 is 2.24 bits per heavy atom. The molecule has 17 heavy (non-hydrogen) atoms. The molecule has 1 amide bonds. The number of halogens is 2. The molecule has 5 heteroatoms. The molecule has 1 aromatic rings. The van der Waals surface area contributed by atoms with Crippen molar-refractivity contribution in [1.29, 1.82) is 0 Å². The molecule has 1 saturated carbocycles. The number of hydrogen-bond donors (Lipinski definition) is 2. The van der Waals surface area contributed by atoms with Crippen molar-refractivity contribution in [1.82, 2.24) is 5.32 Å². The van der Waals surface area contributed by atoms with Gasteiger partial charge in [0.25, 0.3) is 0 Å². The zero-order valence-electron chi connectivity index (χ0n) is 9.47. The first kappa shape index (κ1) is 12.2. The molecule has 1 aliphatic carbocycles. The topological polar surface area (TPSA) is 41.1 Å². The van der Waals surface area contributed by atoms with Gasteiger partial charge < -0.3 is 10.6 Å². The predicted octanol–water partition coefficient (Wildman–Crippen LogP) is 2.56. The highest BCUT2D eigenvalue weighted by Gasteiger charge is 2.26. The Labute approximate surface area is 104 Å². The number of amides is 1. The smallest absolute Gasteiger partial charge is 0.242 e. The Bertz CT molecular complexity index is 414. The second kappa shape index (κ2) is 4.92. The number of hydrogen-bond acceptors (Lipinski definition) is 2. The summed E-state index contributed by atoms with van der Waals surface area (Å²) in [4.78, 5) is 11.7. The number of carbonyl (C=O) groups is 1. The van der Waals surface area contributed by atoms with E-state index >= 15 is 0 Å². The Morgan fingerprint density at radius 1 is 1.53 bits per heavy atom. The molecule has 3 nitrogen and oxygen atoms in total. The molecule has 0 heterocycles. The molecule has 92 valence electrons. The standard InChI is InChI=1S/C12H14ClFN2O/c1-7(12(17)16-8-5-6-8)15-11-9(13)3-2-4-10(11)14/h2-4,7-8,15H,5-6H2,1H3,(H,16,17). The molecule has 0 radical (unpaired) electrons. The zero-order valence-corrected chi connectivity index (χ0v) is 10.2. The minimum atomic E-state index is -0.509. The molecular formula is C12H14ClFN2O. The monoisotopic (exact) mass is 256 g/mol. The van der Waals surface area contributed by atoms with E-state index in [1.165, 1.54) is 12.1 Å². The van der Waals surface area contributed by atoms with E-state index in [2.05, 4.69) is 10.6 Å². The SMILES string of the molecule is CC(Nc1c(F)cccc1Cl)C(=O)NC1CC1. The maximum Gasteiger partial charge on any atom is 0.242 e. The molecule has 0 saturated heterocycles. The number of anilines is 1. The van der Waals surface area contributed by atoms with Crippen LogP contribution in [0.1, 0.15) is 19.8 Å². The van der Waals surface area contributed by atoms with Gasteiger partial charge in [-0.1, -0.05) is 17.7 Å². The van der Waals surface area contributed by atoms with Gasteiger partial charge in [0.05, 0.1) is 10.7 Å². The molecule has 1 atom stereocenters. The summed E-state index contributed by atoms with van der Waals surface area (Å²) >= 11 is 5.86. The highest BCUT2D eigenvalue weighted by atomic mass is 35.5. The molecule has 1 aliphatic rings. The summed E-state index contributed by atoms with van der Waals surface area (Å²) in [5.41, 5.74) is 0.174. The van der Waals surface area contributed by atoms with Crippen molar-refractivity contribution in [3.05, 3.63) is 29.0 Å². The fourth-order valence-corrected chi connectivity index (χ4v) is 1.69. The molecule has 0 aromatic heterocycles. The Hall–Kier alpha value is -1.29. The lowest BCUT2D eigenvalue weighted by molar-refractivity contribution is -0.121. The van der Waals surface area contributed by atoms with Crippen LogP contribution in [0.25, 0.3) is 0 Å². The lowest BCUT2D eigenvalue weighted by Gasteiger charge is -2.16. The second-order valence-electron chi connectivity index (χ2n) is 4.25. The number of nitrogens with one attached hydrogen (secondary N) is 2. The molecule has 2 rings (SSSR count). The largest absolute Gasteiger partial charge is 0.370 e. The van der Waals surface area contributed by atoms with Crippen LogP contribution in [0.3, 0.4) is 0 Å². The first-order chi connectivity index (χ1) is 8.08. The van der Waals surface area contributed by atoms with E-state index in [9.17, 15) is 9.18 Å². The van der Waals surface area contributed by atoms with Crippen LogP contribution < -0.4 is 10.6 Å². The summed E-state index contributed by atoms with van der Waals surface area (Å²) in [5.74, 6) is -0.588. The summed E-state index contributed by atoms with van der Waals surface area (Å²) in [7, 11) is 0. The molecule has 0 aliphatic heterocycles. The van der Waals surface area contributed by atoms with Gasteiger partial charge in [-0.05, 0) is 31.9 Å². The third-order valence-electron chi connectivity index (χ3n) is 2.64. The van der Waals surface area contributed by atoms with E-state index in [4.69, 9.17) is 11.6 Å². The van der Waals surface area contributed by atoms with E-state index in [0.29, 0.717) is 6.04 Å². The number of benzene rings is 1. The van der Waals surface area contributed by atoms with Crippen molar-refractivity contribution in [2.24, 2.45) is 0 Å². The van der Waals surface area contributed by atoms with E-state index in [1.807, 2.05) is 0 Å². The molecule has 2 N–H and O–H groups in total. The minimum absolute atomic E-state index is 0.133. The number of rotatable bonds is 4.